The first kappa shape index (κ1) is 20.7. The molecule has 0 aromatic heterocycles. The molecule has 1 aliphatic heterocycles. The number of nitrogens with zero attached hydrogens (tertiary/aromatic N) is 2. The number of halogens is 3. The van der Waals surface area contributed by atoms with E-state index >= 15 is 0 Å². The highest BCUT2D eigenvalue weighted by Gasteiger charge is 2.30. The molecule has 3 rings (SSSR count). The first-order chi connectivity index (χ1) is 13.9. The Hall–Kier alpha value is -3.07. The zero-order valence-corrected chi connectivity index (χ0v) is 15.6. The number of anilines is 2. The van der Waals surface area contributed by atoms with Crippen LogP contribution in [0.2, 0.25) is 0 Å². The normalized spacial score (nSPS) is 14.8. The number of hydrazone groups is 1. The number of rotatable bonds is 6. The largest absolute Gasteiger partial charge is 0.416 e. The number of morpholine rings is 1. The molecule has 1 saturated heterocycles. The average Bonchev–Trinajstić information content (AvgIpc) is 2.73. The summed E-state index contributed by atoms with van der Waals surface area (Å²) in [5, 5.41) is 6.52. The van der Waals surface area contributed by atoms with Gasteiger partial charge >= 0.3 is 6.18 Å². The lowest BCUT2D eigenvalue weighted by molar-refractivity contribution is -0.137. The molecule has 0 atom stereocenters. The summed E-state index contributed by atoms with van der Waals surface area (Å²) >= 11 is 0. The van der Waals surface area contributed by atoms with E-state index in [0.717, 1.165) is 36.5 Å². The van der Waals surface area contributed by atoms with Crippen LogP contribution in [0.1, 0.15) is 11.1 Å². The minimum Gasteiger partial charge on any atom is -0.378 e. The molecule has 1 heterocycles. The number of carbonyl (C=O) groups is 1. The molecule has 0 aliphatic carbocycles. The highest BCUT2D eigenvalue weighted by atomic mass is 19.4. The maximum atomic E-state index is 12.7. The van der Waals surface area contributed by atoms with Gasteiger partial charge in [0, 0.05) is 24.5 Å². The van der Waals surface area contributed by atoms with Gasteiger partial charge in [0.1, 0.15) is 0 Å². The molecule has 9 heteroatoms. The second-order valence-corrected chi connectivity index (χ2v) is 6.42. The van der Waals surface area contributed by atoms with Gasteiger partial charge in [0.15, 0.2) is 0 Å². The number of amides is 1. The van der Waals surface area contributed by atoms with Crippen molar-refractivity contribution in [2.45, 2.75) is 6.18 Å². The van der Waals surface area contributed by atoms with E-state index in [9.17, 15) is 18.0 Å². The molecular formula is C20H21F3N4O2. The zero-order chi connectivity index (χ0) is 20.7. The highest BCUT2D eigenvalue weighted by molar-refractivity contribution is 5.84. The van der Waals surface area contributed by atoms with Gasteiger partial charge in [0.25, 0.3) is 5.91 Å². The first-order valence-electron chi connectivity index (χ1n) is 9.07. The Morgan fingerprint density at radius 3 is 2.55 bits per heavy atom. The van der Waals surface area contributed by atoms with Crippen LogP contribution in [0.5, 0.6) is 0 Å². The van der Waals surface area contributed by atoms with E-state index in [4.69, 9.17) is 4.74 Å². The Kier molecular flexibility index (Phi) is 6.71. The number of nitrogens with one attached hydrogen (secondary N) is 2. The maximum Gasteiger partial charge on any atom is 0.416 e. The summed E-state index contributed by atoms with van der Waals surface area (Å²) in [5.41, 5.74) is 3.68. The third-order valence-electron chi connectivity index (χ3n) is 4.32. The van der Waals surface area contributed by atoms with Crippen LogP contribution in [0.3, 0.4) is 0 Å². The van der Waals surface area contributed by atoms with Crippen LogP contribution in [0.15, 0.2) is 53.6 Å². The smallest absolute Gasteiger partial charge is 0.378 e. The molecule has 0 bridgehead atoms. The van der Waals surface area contributed by atoms with Crippen LogP contribution >= 0.6 is 0 Å². The second kappa shape index (κ2) is 9.42. The average molecular weight is 406 g/mol. The number of hydrogen-bond acceptors (Lipinski definition) is 5. The number of hydrogen-bond donors (Lipinski definition) is 2. The third kappa shape index (κ3) is 6.21. The Bertz CT molecular complexity index is 848. The van der Waals surface area contributed by atoms with E-state index in [1.165, 1.54) is 18.3 Å². The molecule has 2 N–H and O–H groups in total. The SMILES string of the molecule is O=C(CNc1cccc(C(F)(F)F)c1)N/N=C\c1ccc(N2CCOCC2)cc1. The summed E-state index contributed by atoms with van der Waals surface area (Å²) in [5.74, 6) is -0.469. The van der Waals surface area contributed by atoms with E-state index in [1.54, 1.807) is 0 Å². The van der Waals surface area contributed by atoms with E-state index in [1.807, 2.05) is 24.3 Å². The zero-order valence-electron chi connectivity index (χ0n) is 15.6. The summed E-state index contributed by atoms with van der Waals surface area (Å²) in [4.78, 5) is 14.0. The van der Waals surface area contributed by atoms with E-state index in [2.05, 4.69) is 20.7 Å². The standard InChI is InChI=1S/C20H21F3N4O2/c21-20(22,23)16-2-1-3-17(12-16)24-14-19(28)26-25-13-15-4-6-18(7-5-15)27-8-10-29-11-9-27/h1-7,12-13,24H,8-11,14H2,(H,26,28)/b25-13-. The first-order valence-corrected chi connectivity index (χ1v) is 9.07. The molecular weight excluding hydrogens is 385 g/mol. The molecule has 0 unspecified atom stereocenters. The number of carbonyl (C=O) groups excluding carboxylic acids is 1. The van der Waals surface area contributed by atoms with Crippen molar-refractivity contribution in [2.75, 3.05) is 43.1 Å². The monoisotopic (exact) mass is 406 g/mol. The van der Waals surface area contributed by atoms with Crippen molar-refractivity contribution in [1.82, 2.24) is 5.43 Å². The quantitative estimate of drug-likeness (QED) is 0.572. The van der Waals surface area contributed by atoms with Gasteiger partial charge in [-0.1, -0.05) is 18.2 Å². The lowest BCUT2D eigenvalue weighted by Crippen LogP contribution is -2.36. The van der Waals surface area contributed by atoms with Gasteiger partial charge in [-0.2, -0.15) is 18.3 Å². The molecule has 6 nitrogen and oxygen atoms in total. The van der Waals surface area contributed by atoms with Crippen molar-refractivity contribution in [3.63, 3.8) is 0 Å². The molecule has 1 fully saturated rings. The van der Waals surface area contributed by atoms with Crippen molar-refractivity contribution in [3.8, 4) is 0 Å². The van der Waals surface area contributed by atoms with Gasteiger partial charge in [-0.25, -0.2) is 5.43 Å². The second-order valence-electron chi connectivity index (χ2n) is 6.42. The number of benzene rings is 2. The molecule has 1 aliphatic rings. The van der Waals surface area contributed by atoms with Crippen LogP contribution in [0.4, 0.5) is 24.5 Å². The van der Waals surface area contributed by atoms with E-state index < -0.39 is 17.6 Å². The molecule has 0 saturated carbocycles. The molecule has 0 spiro atoms. The molecule has 2 aromatic rings. The van der Waals surface area contributed by atoms with Crippen molar-refractivity contribution < 1.29 is 22.7 Å². The third-order valence-corrected chi connectivity index (χ3v) is 4.32. The summed E-state index contributed by atoms with van der Waals surface area (Å²) in [6.07, 6.45) is -2.92. The lowest BCUT2D eigenvalue weighted by Gasteiger charge is -2.28. The number of alkyl halides is 3. The Morgan fingerprint density at radius 1 is 1.14 bits per heavy atom. The van der Waals surface area contributed by atoms with Gasteiger partial charge in [0.2, 0.25) is 0 Å². The molecule has 1 amide bonds. The Morgan fingerprint density at radius 2 is 1.86 bits per heavy atom. The maximum absolute atomic E-state index is 12.7. The van der Waals surface area contributed by atoms with Crippen LogP contribution in [0, 0.1) is 0 Å². The van der Waals surface area contributed by atoms with Crippen molar-refractivity contribution in [3.05, 3.63) is 59.7 Å². The van der Waals surface area contributed by atoms with Crippen molar-refractivity contribution in [1.29, 1.82) is 0 Å². The molecule has 2 aromatic carbocycles. The van der Waals surface area contributed by atoms with Crippen molar-refractivity contribution >= 4 is 23.5 Å². The molecule has 0 radical (unpaired) electrons. The Labute approximate surface area is 166 Å². The van der Waals surface area contributed by atoms with Crippen LogP contribution < -0.4 is 15.6 Å². The van der Waals surface area contributed by atoms with Gasteiger partial charge in [-0.3, -0.25) is 4.79 Å². The van der Waals surface area contributed by atoms with E-state index in [-0.39, 0.29) is 12.2 Å². The fourth-order valence-electron chi connectivity index (χ4n) is 2.80. The minimum absolute atomic E-state index is 0.200. The van der Waals surface area contributed by atoms with Crippen LogP contribution in [-0.2, 0) is 15.7 Å². The van der Waals surface area contributed by atoms with Crippen LogP contribution in [0.25, 0.3) is 0 Å². The van der Waals surface area contributed by atoms with Crippen molar-refractivity contribution in [2.24, 2.45) is 5.10 Å². The molecule has 154 valence electrons. The Balaban J connectivity index is 1.46. The summed E-state index contributed by atoms with van der Waals surface area (Å²) in [6.45, 7) is 2.92. The summed E-state index contributed by atoms with van der Waals surface area (Å²) in [7, 11) is 0. The van der Waals surface area contributed by atoms with Gasteiger partial charge in [-0.15, -0.1) is 0 Å². The summed E-state index contributed by atoms with van der Waals surface area (Å²) < 4.78 is 43.4. The molecule has 29 heavy (non-hydrogen) atoms. The fraction of sp³-hybridized carbons (Fsp3) is 0.300. The summed E-state index contributed by atoms with van der Waals surface area (Å²) in [6, 6.07) is 12.4. The highest BCUT2D eigenvalue weighted by Crippen LogP contribution is 2.30. The fourth-order valence-corrected chi connectivity index (χ4v) is 2.80. The van der Waals surface area contributed by atoms with Gasteiger partial charge in [0.05, 0.1) is 31.5 Å². The van der Waals surface area contributed by atoms with E-state index in [0.29, 0.717) is 13.2 Å². The predicted molar refractivity (Wildman–Crippen MR) is 105 cm³/mol. The lowest BCUT2D eigenvalue weighted by atomic mass is 10.2. The predicted octanol–water partition coefficient (Wildman–Crippen LogP) is 3.10. The van der Waals surface area contributed by atoms with Crippen LogP contribution in [-0.4, -0.2) is 45.0 Å². The van der Waals surface area contributed by atoms with Gasteiger partial charge in [-0.05, 0) is 35.9 Å². The topological polar surface area (TPSA) is 66.0 Å². The van der Waals surface area contributed by atoms with Gasteiger partial charge < -0.3 is 15.0 Å². The number of ether oxygens (including phenoxy) is 1. The minimum atomic E-state index is -4.43.